The quantitative estimate of drug-likeness (QED) is 0.229. The summed E-state index contributed by atoms with van der Waals surface area (Å²) in [5.74, 6) is -4.06. The van der Waals surface area contributed by atoms with Crippen LogP contribution in [0.4, 0.5) is 20.2 Å². The van der Waals surface area contributed by atoms with Crippen molar-refractivity contribution in [3.8, 4) is 17.2 Å². The van der Waals surface area contributed by atoms with Crippen molar-refractivity contribution in [2.24, 2.45) is 0 Å². The first-order chi connectivity index (χ1) is 21.9. The van der Waals surface area contributed by atoms with Crippen LogP contribution in [0.1, 0.15) is 31.1 Å². The zero-order valence-electron chi connectivity index (χ0n) is 25.3. The summed E-state index contributed by atoms with van der Waals surface area (Å²) < 4.78 is 56.9. The van der Waals surface area contributed by atoms with Crippen LogP contribution in [-0.4, -0.2) is 86.1 Å². The lowest BCUT2D eigenvalue weighted by Crippen LogP contribution is -2.35. The average molecular weight is 667 g/mol. The second-order valence-electron chi connectivity index (χ2n) is 9.70. The number of aliphatic hydroxyl groups is 1. The number of nitrogens with zero attached hydrogens (tertiary/aromatic N) is 3. The van der Waals surface area contributed by atoms with Crippen LogP contribution in [0.5, 0.6) is 17.2 Å². The summed E-state index contributed by atoms with van der Waals surface area (Å²) in [5, 5.41) is 14.1. The molecule has 2 aliphatic heterocycles. The average Bonchev–Trinajstić information content (AvgIpc) is 3.20. The standard InChI is InChI=1S/C29H32F2N4O10S/c1-5-41-26-23(43-16(2)36)10-18(11-24(26)44-17(3)37)27(38)35-7-6-33(8-9-42-35)25-21(30)12-19(13-22(25)31)34-15-20(45-29(34)39)14-32-28(46)40-4/h10-13,15,29,39H,5-9,14H2,1-4H3,(H,32,46). The number of aliphatic hydroxyl groups excluding tert-OH is 1. The van der Waals surface area contributed by atoms with Gasteiger partial charge in [0.25, 0.3) is 17.5 Å². The highest BCUT2D eigenvalue weighted by Crippen LogP contribution is 2.40. The van der Waals surface area contributed by atoms with E-state index in [-0.39, 0.29) is 84.5 Å². The number of hydrogen-bond acceptors (Lipinski definition) is 13. The van der Waals surface area contributed by atoms with Gasteiger partial charge in [-0.2, -0.15) is 0 Å². The van der Waals surface area contributed by atoms with Gasteiger partial charge in [-0.15, -0.1) is 0 Å². The van der Waals surface area contributed by atoms with Gasteiger partial charge >= 0.3 is 11.9 Å². The van der Waals surface area contributed by atoms with Crippen molar-refractivity contribution < 1.29 is 56.8 Å². The molecular weight excluding hydrogens is 634 g/mol. The Hall–Kier alpha value is -4.74. The third-order valence-electron chi connectivity index (χ3n) is 6.46. The van der Waals surface area contributed by atoms with Crippen molar-refractivity contribution >= 4 is 46.6 Å². The van der Waals surface area contributed by atoms with E-state index >= 15 is 8.78 Å². The lowest BCUT2D eigenvalue weighted by atomic mass is 10.1. The highest BCUT2D eigenvalue weighted by molar-refractivity contribution is 7.80. The number of nitrogens with one attached hydrogen (secondary N) is 1. The summed E-state index contributed by atoms with van der Waals surface area (Å²) >= 11 is 4.90. The van der Waals surface area contributed by atoms with Gasteiger partial charge in [0.05, 0.1) is 45.3 Å². The molecule has 0 aromatic heterocycles. The number of anilines is 2. The van der Waals surface area contributed by atoms with E-state index in [1.807, 2.05) is 0 Å². The van der Waals surface area contributed by atoms with Gasteiger partial charge in [0.15, 0.2) is 23.1 Å². The van der Waals surface area contributed by atoms with Crippen LogP contribution < -0.4 is 29.3 Å². The molecule has 2 aliphatic rings. The van der Waals surface area contributed by atoms with E-state index in [4.69, 9.17) is 40.7 Å². The van der Waals surface area contributed by atoms with E-state index in [2.05, 4.69) is 5.32 Å². The molecule has 0 aliphatic carbocycles. The van der Waals surface area contributed by atoms with Gasteiger partial charge in [-0.1, -0.05) is 0 Å². The SMILES string of the molecule is CCOc1c(OC(C)=O)cc(C(=O)N2CCN(c3c(F)cc(N4C=C(CNC(=S)OC)OC4O)cc3F)CCO2)cc1OC(C)=O. The number of methoxy groups -OCH3 is 1. The Morgan fingerprint density at radius 1 is 1.04 bits per heavy atom. The predicted molar refractivity (Wildman–Crippen MR) is 161 cm³/mol. The maximum absolute atomic E-state index is 15.4. The summed E-state index contributed by atoms with van der Waals surface area (Å²) in [5.41, 5.74) is -0.437. The number of carbonyl (C=O) groups is 3. The Labute approximate surface area is 267 Å². The molecule has 0 bridgehead atoms. The third kappa shape index (κ3) is 8.09. The lowest BCUT2D eigenvalue weighted by molar-refractivity contribution is -0.132. The molecule has 4 rings (SSSR count). The fraction of sp³-hybridized carbons (Fsp3) is 0.379. The van der Waals surface area contributed by atoms with Crippen molar-refractivity contribution in [1.82, 2.24) is 10.4 Å². The zero-order valence-corrected chi connectivity index (χ0v) is 26.2. The number of amides is 1. The van der Waals surface area contributed by atoms with Crippen LogP contribution in [0.15, 0.2) is 36.2 Å². The summed E-state index contributed by atoms with van der Waals surface area (Å²) in [7, 11) is 1.38. The second kappa shape index (κ2) is 15.0. The minimum atomic E-state index is -1.53. The molecule has 1 unspecified atom stereocenters. The van der Waals surface area contributed by atoms with Crippen molar-refractivity contribution in [3.63, 3.8) is 0 Å². The maximum atomic E-state index is 15.4. The smallest absolute Gasteiger partial charge is 0.308 e. The monoisotopic (exact) mass is 666 g/mol. The number of thiocarbonyl (C=S) groups is 1. The normalized spacial score (nSPS) is 16.2. The molecule has 2 aromatic rings. The Morgan fingerprint density at radius 2 is 1.67 bits per heavy atom. The number of ether oxygens (including phenoxy) is 5. The lowest BCUT2D eigenvalue weighted by Gasteiger charge is -2.25. The molecule has 46 heavy (non-hydrogen) atoms. The Bertz CT molecular complexity index is 1480. The van der Waals surface area contributed by atoms with E-state index in [1.165, 1.54) is 30.3 Å². The second-order valence-corrected chi connectivity index (χ2v) is 10.1. The molecule has 1 fully saturated rings. The fourth-order valence-electron chi connectivity index (χ4n) is 4.59. The van der Waals surface area contributed by atoms with E-state index in [0.29, 0.717) is 0 Å². The minimum absolute atomic E-state index is 0.0129. The van der Waals surface area contributed by atoms with Gasteiger partial charge in [0, 0.05) is 44.6 Å². The van der Waals surface area contributed by atoms with Crippen LogP contribution in [0, 0.1) is 11.6 Å². The fourth-order valence-corrected chi connectivity index (χ4v) is 4.66. The van der Waals surface area contributed by atoms with Gasteiger partial charge in [-0.25, -0.2) is 13.8 Å². The zero-order chi connectivity index (χ0) is 33.5. The van der Waals surface area contributed by atoms with E-state index in [1.54, 1.807) is 6.92 Å². The Morgan fingerprint density at radius 3 is 2.24 bits per heavy atom. The molecule has 2 N–H and O–H groups in total. The van der Waals surface area contributed by atoms with Gasteiger partial charge in [0.2, 0.25) is 5.75 Å². The first-order valence-electron chi connectivity index (χ1n) is 13.9. The molecule has 0 spiro atoms. The van der Waals surface area contributed by atoms with Crippen LogP contribution in [0.25, 0.3) is 0 Å². The summed E-state index contributed by atoms with van der Waals surface area (Å²) in [4.78, 5) is 45.1. The van der Waals surface area contributed by atoms with E-state index in [0.717, 1.165) is 35.9 Å². The summed E-state index contributed by atoms with van der Waals surface area (Å²) in [6.45, 7) is 3.91. The van der Waals surface area contributed by atoms with Crippen molar-refractivity contribution in [3.05, 3.63) is 53.4 Å². The molecule has 1 atom stereocenters. The number of benzene rings is 2. The number of rotatable bonds is 9. The number of carbonyl (C=O) groups excluding carboxylic acids is 3. The molecule has 248 valence electrons. The Kier molecular flexibility index (Phi) is 11.2. The van der Waals surface area contributed by atoms with Crippen molar-refractivity contribution in [1.29, 1.82) is 0 Å². The number of esters is 2. The molecule has 14 nitrogen and oxygen atoms in total. The van der Waals surface area contributed by atoms with Crippen LogP contribution in [0.3, 0.4) is 0 Å². The Balaban J connectivity index is 1.52. The summed E-state index contributed by atoms with van der Waals surface area (Å²) in [6, 6.07) is 4.56. The van der Waals surface area contributed by atoms with Gasteiger partial charge in [-0.3, -0.25) is 24.1 Å². The minimum Gasteiger partial charge on any atom is -0.487 e. The van der Waals surface area contributed by atoms with Crippen molar-refractivity contribution in [2.45, 2.75) is 27.2 Å². The number of hydroxylamine groups is 2. The molecule has 1 amide bonds. The molecule has 17 heteroatoms. The maximum Gasteiger partial charge on any atom is 0.308 e. The molecular formula is C29H32F2N4O10S. The van der Waals surface area contributed by atoms with Gasteiger partial charge in [0.1, 0.15) is 11.4 Å². The van der Waals surface area contributed by atoms with Crippen LogP contribution in [0.2, 0.25) is 0 Å². The molecule has 2 heterocycles. The molecule has 0 saturated carbocycles. The van der Waals surface area contributed by atoms with Crippen LogP contribution >= 0.6 is 12.2 Å². The highest BCUT2D eigenvalue weighted by atomic mass is 32.1. The first kappa shape index (κ1) is 34.1. The number of halogens is 2. The molecule has 0 radical (unpaired) electrons. The number of hydrogen-bond donors (Lipinski definition) is 2. The third-order valence-corrected chi connectivity index (χ3v) is 6.77. The predicted octanol–water partition coefficient (Wildman–Crippen LogP) is 2.58. The van der Waals surface area contributed by atoms with Gasteiger partial charge < -0.3 is 39.0 Å². The largest absolute Gasteiger partial charge is 0.487 e. The topological polar surface area (TPSA) is 149 Å². The molecule has 1 saturated heterocycles. The van der Waals surface area contributed by atoms with Crippen molar-refractivity contribution in [2.75, 3.05) is 56.3 Å². The summed E-state index contributed by atoms with van der Waals surface area (Å²) in [6.07, 6.45) is -0.165. The van der Waals surface area contributed by atoms with Gasteiger partial charge in [-0.05, 0) is 31.3 Å². The highest BCUT2D eigenvalue weighted by Gasteiger charge is 2.30. The van der Waals surface area contributed by atoms with E-state index in [9.17, 15) is 19.5 Å². The van der Waals surface area contributed by atoms with Crippen LogP contribution in [-0.2, 0) is 23.9 Å². The molecule has 2 aromatic carbocycles. The van der Waals surface area contributed by atoms with E-state index < -0.39 is 35.9 Å². The first-order valence-corrected chi connectivity index (χ1v) is 14.3.